The number of benzene rings is 4. The fourth-order valence-corrected chi connectivity index (χ4v) is 3.62. The smallest absolute Gasteiger partial charge is 0.345 e. The summed E-state index contributed by atoms with van der Waals surface area (Å²) in [4.78, 5) is 37.1. The van der Waals surface area contributed by atoms with Crippen LogP contribution in [0.2, 0.25) is 10.0 Å². The predicted molar refractivity (Wildman–Crippen MR) is 136 cm³/mol. The number of halogens is 2. The Morgan fingerprint density at radius 2 is 1.46 bits per heavy atom. The number of hydrazone groups is 1. The number of para-hydroxylation sites is 1. The highest BCUT2D eigenvalue weighted by molar-refractivity contribution is 6.41. The minimum atomic E-state index is -1.00. The van der Waals surface area contributed by atoms with Gasteiger partial charge in [0.15, 0.2) is 0 Å². The lowest BCUT2D eigenvalue weighted by Crippen LogP contribution is -2.32. The van der Waals surface area contributed by atoms with Gasteiger partial charge >= 0.3 is 17.8 Å². The molecule has 0 aliphatic heterocycles. The van der Waals surface area contributed by atoms with E-state index in [9.17, 15) is 14.4 Å². The van der Waals surface area contributed by atoms with Crippen molar-refractivity contribution in [1.29, 1.82) is 0 Å². The number of fused-ring (bicyclic) bond motifs is 1. The molecule has 0 unspecified atom stereocenters. The topological polar surface area (TPSA) is 96.9 Å². The van der Waals surface area contributed by atoms with Crippen LogP contribution in [0.3, 0.4) is 0 Å². The second-order valence-corrected chi connectivity index (χ2v) is 8.02. The molecular weight excluding hydrogens is 489 g/mol. The Balaban J connectivity index is 1.56. The van der Waals surface area contributed by atoms with Crippen molar-refractivity contribution in [2.24, 2.45) is 5.10 Å². The Kier molecular flexibility index (Phi) is 7.40. The molecule has 9 heteroatoms. The predicted octanol–water partition coefficient (Wildman–Crippen LogP) is 5.45. The van der Waals surface area contributed by atoms with E-state index in [1.54, 1.807) is 60.7 Å². The highest BCUT2D eigenvalue weighted by Gasteiger charge is 2.17. The number of hydrogen-bond acceptors (Lipinski definition) is 5. The molecule has 0 saturated heterocycles. The monoisotopic (exact) mass is 505 g/mol. The fraction of sp³-hybridized carbons (Fsp3) is 0. The first-order valence-electron chi connectivity index (χ1n) is 10.3. The van der Waals surface area contributed by atoms with Crippen LogP contribution in [0.25, 0.3) is 10.8 Å². The Hall–Kier alpha value is -4.20. The number of amides is 2. The van der Waals surface area contributed by atoms with Crippen molar-refractivity contribution in [3.63, 3.8) is 0 Å². The van der Waals surface area contributed by atoms with Gasteiger partial charge in [0.25, 0.3) is 0 Å². The van der Waals surface area contributed by atoms with E-state index in [1.165, 1.54) is 6.21 Å². The summed E-state index contributed by atoms with van der Waals surface area (Å²) < 4.78 is 5.60. The second-order valence-electron chi connectivity index (χ2n) is 7.20. The van der Waals surface area contributed by atoms with Gasteiger partial charge in [0.2, 0.25) is 0 Å². The van der Waals surface area contributed by atoms with Crippen molar-refractivity contribution in [1.82, 2.24) is 5.43 Å². The maximum Gasteiger partial charge on any atom is 0.345 e. The largest absolute Gasteiger partial charge is 0.422 e. The number of esters is 1. The van der Waals surface area contributed by atoms with E-state index in [4.69, 9.17) is 27.9 Å². The molecule has 0 atom stereocenters. The minimum absolute atomic E-state index is 0.201. The summed E-state index contributed by atoms with van der Waals surface area (Å²) in [6.07, 6.45) is 1.30. The van der Waals surface area contributed by atoms with Crippen LogP contribution >= 0.6 is 23.2 Å². The lowest BCUT2D eigenvalue weighted by molar-refractivity contribution is -0.136. The molecule has 2 N–H and O–H groups in total. The molecule has 7 nitrogen and oxygen atoms in total. The minimum Gasteiger partial charge on any atom is -0.422 e. The Labute approximate surface area is 210 Å². The van der Waals surface area contributed by atoms with Crippen LogP contribution in [0, 0.1) is 0 Å². The summed E-state index contributed by atoms with van der Waals surface area (Å²) in [7, 11) is 0. The number of carbonyl (C=O) groups is 3. The SMILES string of the molecule is O=C(N/N=C\c1c(OC(=O)c2ccccc2Cl)ccc2ccccc12)C(=O)Nc1ccccc1Cl. The molecule has 4 aromatic rings. The van der Waals surface area contributed by atoms with Gasteiger partial charge in [-0.2, -0.15) is 5.10 Å². The third kappa shape index (κ3) is 5.66. The van der Waals surface area contributed by atoms with Crippen LogP contribution in [0.15, 0.2) is 90.0 Å². The zero-order chi connectivity index (χ0) is 24.8. The summed E-state index contributed by atoms with van der Waals surface area (Å²) in [6, 6.07) is 23.8. The molecule has 0 radical (unpaired) electrons. The molecular formula is C26H17Cl2N3O4. The Morgan fingerprint density at radius 3 is 2.23 bits per heavy atom. The van der Waals surface area contributed by atoms with Gasteiger partial charge in [-0.1, -0.05) is 77.8 Å². The molecule has 2 amide bonds. The van der Waals surface area contributed by atoms with Crippen molar-refractivity contribution >= 4 is 63.7 Å². The number of nitrogens with zero attached hydrogens (tertiary/aromatic N) is 1. The number of carbonyl (C=O) groups excluding carboxylic acids is 3. The Morgan fingerprint density at radius 1 is 0.771 bits per heavy atom. The van der Waals surface area contributed by atoms with Gasteiger partial charge in [-0.3, -0.25) is 9.59 Å². The number of ether oxygens (including phenoxy) is 1. The van der Waals surface area contributed by atoms with Crippen LogP contribution in [-0.2, 0) is 9.59 Å². The molecule has 0 aliphatic carbocycles. The molecule has 4 rings (SSSR count). The normalized spacial score (nSPS) is 10.8. The van der Waals surface area contributed by atoms with E-state index in [2.05, 4.69) is 15.8 Å². The van der Waals surface area contributed by atoms with Crippen molar-refractivity contribution in [2.45, 2.75) is 0 Å². The highest BCUT2D eigenvalue weighted by Crippen LogP contribution is 2.28. The zero-order valence-electron chi connectivity index (χ0n) is 18.0. The van der Waals surface area contributed by atoms with Gasteiger partial charge < -0.3 is 10.1 Å². The van der Waals surface area contributed by atoms with Crippen molar-refractivity contribution in [2.75, 3.05) is 5.32 Å². The quantitative estimate of drug-likeness (QED) is 0.124. The second kappa shape index (κ2) is 10.8. The van der Waals surface area contributed by atoms with Crippen LogP contribution in [0.1, 0.15) is 15.9 Å². The summed E-state index contributed by atoms with van der Waals surface area (Å²) in [5.41, 5.74) is 3.09. The van der Waals surface area contributed by atoms with Gasteiger partial charge in [-0.25, -0.2) is 10.2 Å². The number of anilines is 1. The lowest BCUT2D eigenvalue weighted by Gasteiger charge is -2.11. The van der Waals surface area contributed by atoms with Gasteiger partial charge in [0, 0.05) is 5.56 Å². The fourth-order valence-electron chi connectivity index (χ4n) is 3.23. The van der Waals surface area contributed by atoms with Crippen molar-refractivity contribution in [3.05, 3.63) is 106 Å². The van der Waals surface area contributed by atoms with E-state index >= 15 is 0 Å². The first kappa shape index (κ1) is 23.9. The average Bonchev–Trinajstić information content (AvgIpc) is 2.86. The van der Waals surface area contributed by atoms with Crippen molar-refractivity contribution in [3.8, 4) is 5.75 Å². The highest BCUT2D eigenvalue weighted by atomic mass is 35.5. The number of hydrogen-bond donors (Lipinski definition) is 2. The van der Waals surface area contributed by atoms with E-state index < -0.39 is 17.8 Å². The first-order valence-corrected chi connectivity index (χ1v) is 11.1. The van der Waals surface area contributed by atoms with E-state index in [-0.39, 0.29) is 21.4 Å². The molecule has 0 heterocycles. The van der Waals surface area contributed by atoms with Crippen LogP contribution < -0.4 is 15.5 Å². The molecule has 0 saturated carbocycles. The van der Waals surface area contributed by atoms with Gasteiger partial charge in [-0.15, -0.1) is 0 Å². The number of nitrogens with one attached hydrogen (secondary N) is 2. The maximum absolute atomic E-state index is 12.7. The molecule has 4 aromatic carbocycles. The van der Waals surface area contributed by atoms with Crippen LogP contribution in [-0.4, -0.2) is 24.0 Å². The summed E-state index contributed by atoms with van der Waals surface area (Å²) in [5, 5.41) is 8.43. The molecule has 0 bridgehead atoms. The summed E-state index contributed by atoms with van der Waals surface area (Å²) in [6.45, 7) is 0. The van der Waals surface area contributed by atoms with Crippen LogP contribution in [0.5, 0.6) is 5.75 Å². The van der Waals surface area contributed by atoms with E-state index in [0.717, 1.165) is 10.8 Å². The molecule has 0 spiro atoms. The summed E-state index contributed by atoms with van der Waals surface area (Å²) in [5.74, 6) is -2.40. The molecule has 35 heavy (non-hydrogen) atoms. The van der Waals surface area contributed by atoms with Gasteiger partial charge in [-0.05, 0) is 41.1 Å². The third-order valence-electron chi connectivity index (χ3n) is 4.92. The zero-order valence-corrected chi connectivity index (χ0v) is 19.5. The molecule has 0 fully saturated rings. The maximum atomic E-state index is 12.7. The third-order valence-corrected chi connectivity index (χ3v) is 5.57. The lowest BCUT2D eigenvalue weighted by atomic mass is 10.0. The Bertz CT molecular complexity index is 1470. The van der Waals surface area contributed by atoms with E-state index in [1.807, 2.05) is 24.3 Å². The van der Waals surface area contributed by atoms with Crippen LogP contribution in [0.4, 0.5) is 5.69 Å². The molecule has 0 aliphatic rings. The number of rotatable bonds is 5. The molecule has 174 valence electrons. The van der Waals surface area contributed by atoms with Crippen molar-refractivity contribution < 1.29 is 19.1 Å². The first-order chi connectivity index (χ1) is 16.9. The standard InChI is InChI=1S/C26H17Cl2N3O4/c27-20-10-4-3-9-18(20)26(34)35-23-14-13-16-7-1-2-8-17(16)19(23)15-29-31-25(33)24(32)30-22-12-6-5-11-21(22)28/h1-15H,(H,30,32)(H,31,33)/b29-15-. The van der Waals surface area contributed by atoms with Gasteiger partial charge in [0.05, 0.1) is 27.5 Å². The summed E-state index contributed by atoms with van der Waals surface area (Å²) >= 11 is 12.1. The average molecular weight is 506 g/mol. The van der Waals surface area contributed by atoms with Gasteiger partial charge in [0.1, 0.15) is 5.75 Å². The molecule has 0 aromatic heterocycles. The van der Waals surface area contributed by atoms with E-state index in [0.29, 0.717) is 11.3 Å².